The summed E-state index contributed by atoms with van der Waals surface area (Å²) in [5.41, 5.74) is 0.784. The summed E-state index contributed by atoms with van der Waals surface area (Å²) < 4.78 is 5.29. The van der Waals surface area contributed by atoms with Crippen LogP contribution in [0.25, 0.3) is 0 Å². The van der Waals surface area contributed by atoms with Crippen LogP contribution in [0.2, 0.25) is 0 Å². The normalized spacial score (nSPS) is 25.6. The fourth-order valence-corrected chi connectivity index (χ4v) is 4.07. The monoisotopic (exact) mass is 364 g/mol. The Balaban J connectivity index is 1.55. The Morgan fingerprint density at radius 1 is 1.15 bits per heavy atom. The molecular formula is C21H20N2O4. The second-order valence-electron chi connectivity index (χ2n) is 7.13. The van der Waals surface area contributed by atoms with Gasteiger partial charge in [-0.3, -0.25) is 14.4 Å². The van der Waals surface area contributed by atoms with E-state index in [4.69, 9.17) is 4.74 Å². The predicted octanol–water partition coefficient (Wildman–Crippen LogP) is 2.40. The topological polar surface area (TPSA) is 84.5 Å². The molecular weight excluding hydrogens is 344 g/mol. The summed E-state index contributed by atoms with van der Waals surface area (Å²) in [5, 5.41) is 5.64. The molecule has 1 aliphatic heterocycles. The standard InChI is InChI=1S/C21H20N2O4/c1-21-16(19(25)22-11-12-7-3-6-10-15(12)27-2)17(21)20(26)23-14-9-5-4-8-13(14)18(21)24/h3-10,16-17H,11H2,1-2H3,(H,22,25)(H,23,26)/t16-,17?,21+/m0/s1. The summed E-state index contributed by atoms with van der Waals surface area (Å²) in [5.74, 6) is -1.40. The first-order valence-corrected chi connectivity index (χ1v) is 8.82. The van der Waals surface area contributed by atoms with Crippen LogP contribution in [-0.2, 0) is 16.1 Å². The zero-order valence-electron chi connectivity index (χ0n) is 15.1. The van der Waals surface area contributed by atoms with Gasteiger partial charge in [0, 0.05) is 17.7 Å². The van der Waals surface area contributed by atoms with Crippen molar-refractivity contribution in [2.75, 3.05) is 12.4 Å². The van der Waals surface area contributed by atoms with Gasteiger partial charge in [-0.05, 0) is 18.2 Å². The third kappa shape index (κ3) is 2.60. The lowest BCUT2D eigenvalue weighted by atomic mass is 9.92. The molecule has 2 N–H and O–H groups in total. The number of rotatable bonds is 4. The summed E-state index contributed by atoms with van der Waals surface area (Å²) in [6.07, 6.45) is 0. The van der Waals surface area contributed by atoms with Crippen LogP contribution in [0.1, 0.15) is 22.8 Å². The Labute approximate surface area is 156 Å². The number of carbonyl (C=O) groups excluding carboxylic acids is 3. The SMILES string of the molecule is COc1ccccc1CNC(=O)[C@@H]1C2C(=O)Nc3ccccc3C(=O)[C@@]21C. The summed E-state index contributed by atoms with van der Waals surface area (Å²) in [6, 6.07) is 14.3. The van der Waals surface area contributed by atoms with Crippen LogP contribution >= 0.6 is 0 Å². The average Bonchev–Trinajstić information content (AvgIpc) is 3.34. The van der Waals surface area contributed by atoms with Gasteiger partial charge in [0.25, 0.3) is 0 Å². The van der Waals surface area contributed by atoms with Crippen LogP contribution in [0, 0.1) is 17.3 Å². The van der Waals surface area contributed by atoms with E-state index in [1.807, 2.05) is 24.3 Å². The van der Waals surface area contributed by atoms with Crippen molar-refractivity contribution in [2.45, 2.75) is 13.5 Å². The minimum absolute atomic E-state index is 0.168. The van der Waals surface area contributed by atoms with Crippen molar-refractivity contribution in [1.82, 2.24) is 5.32 Å². The third-order valence-corrected chi connectivity index (χ3v) is 5.65. The maximum absolute atomic E-state index is 13.0. The molecule has 0 saturated heterocycles. The van der Waals surface area contributed by atoms with E-state index in [-0.39, 0.29) is 24.1 Å². The van der Waals surface area contributed by atoms with Gasteiger partial charge in [0.1, 0.15) is 5.75 Å². The number of fused-ring (bicyclic) bond motifs is 2. The van der Waals surface area contributed by atoms with E-state index >= 15 is 0 Å². The third-order valence-electron chi connectivity index (χ3n) is 5.65. The van der Waals surface area contributed by atoms with Gasteiger partial charge in [0.05, 0.1) is 30.0 Å². The molecule has 1 heterocycles. The largest absolute Gasteiger partial charge is 0.496 e. The number of hydrogen-bond acceptors (Lipinski definition) is 4. The highest BCUT2D eigenvalue weighted by Crippen LogP contribution is 2.62. The first-order chi connectivity index (χ1) is 13.0. The number of ketones is 1. The highest BCUT2D eigenvalue weighted by molar-refractivity contribution is 6.19. The van der Waals surface area contributed by atoms with Gasteiger partial charge in [0.2, 0.25) is 11.8 Å². The summed E-state index contributed by atoms with van der Waals surface area (Å²) >= 11 is 0. The summed E-state index contributed by atoms with van der Waals surface area (Å²) in [4.78, 5) is 38.4. The molecule has 3 atom stereocenters. The van der Waals surface area contributed by atoms with Crippen molar-refractivity contribution in [2.24, 2.45) is 17.3 Å². The predicted molar refractivity (Wildman–Crippen MR) is 99.3 cm³/mol. The van der Waals surface area contributed by atoms with Gasteiger partial charge < -0.3 is 15.4 Å². The van der Waals surface area contributed by atoms with Crippen LogP contribution < -0.4 is 15.4 Å². The molecule has 6 nitrogen and oxygen atoms in total. The maximum atomic E-state index is 13.0. The molecule has 27 heavy (non-hydrogen) atoms. The molecule has 0 aromatic heterocycles. The number of carbonyl (C=O) groups is 3. The van der Waals surface area contributed by atoms with Crippen molar-refractivity contribution < 1.29 is 19.1 Å². The van der Waals surface area contributed by atoms with E-state index < -0.39 is 17.3 Å². The lowest BCUT2D eigenvalue weighted by Gasteiger charge is -2.13. The molecule has 1 unspecified atom stereocenters. The number of hydrogen-bond donors (Lipinski definition) is 2. The molecule has 138 valence electrons. The van der Waals surface area contributed by atoms with Gasteiger partial charge >= 0.3 is 0 Å². The van der Waals surface area contributed by atoms with Crippen LogP contribution in [0.3, 0.4) is 0 Å². The number of methoxy groups -OCH3 is 1. The van der Waals surface area contributed by atoms with Gasteiger partial charge in [-0.2, -0.15) is 0 Å². The quantitative estimate of drug-likeness (QED) is 0.872. The van der Waals surface area contributed by atoms with Crippen LogP contribution in [0.15, 0.2) is 48.5 Å². The number of anilines is 1. The Hall–Kier alpha value is -3.15. The summed E-state index contributed by atoms with van der Waals surface area (Å²) in [6.45, 7) is 1.98. The molecule has 0 spiro atoms. The Morgan fingerprint density at radius 3 is 2.63 bits per heavy atom. The molecule has 0 radical (unpaired) electrons. The fraction of sp³-hybridized carbons (Fsp3) is 0.286. The van der Waals surface area contributed by atoms with Crippen LogP contribution in [-0.4, -0.2) is 24.7 Å². The number of nitrogens with one attached hydrogen (secondary N) is 2. The second kappa shape index (κ2) is 6.23. The lowest BCUT2D eigenvalue weighted by Crippen LogP contribution is -2.29. The molecule has 4 rings (SSSR count). The van der Waals surface area contributed by atoms with Gasteiger partial charge in [-0.25, -0.2) is 0 Å². The van der Waals surface area contributed by atoms with Crippen LogP contribution in [0.4, 0.5) is 5.69 Å². The van der Waals surface area contributed by atoms with Crippen molar-refractivity contribution >= 4 is 23.3 Å². The molecule has 1 saturated carbocycles. The van der Waals surface area contributed by atoms with Crippen LogP contribution in [0.5, 0.6) is 5.75 Å². The number of para-hydroxylation sites is 2. The zero-order chi connectivity index (χ0) is 19.2. The summed E-state index contributed by atoms with van der Waals surface area (Å²) in [7, 11) is 1.57. The van der Waals surface area contributed by atoms with E-state index in [1.165, 1.54) is 0 Å². The molecule has 2 aromatic carbocycles. The van der Waals surface area contributed by atoms with Gasteiger partial charge in [-0.1, -0.05) is 37.3 Å². The molecule has 1 fully saturated rings. The van der Waals surface area contributed by atoms with Crippen molar-refractivity contribution in [3.05, 3.63) is 59.7 Å². The minimum Gasteiger partial charge on any atom is -0.496 e. The molecule has 2 aliphatic rings. The number of benzene rings is 2. The second-order valence-corrected chi connectivity index (χ2v) is 7.13. The van der Waals surface area contributed by atoms with E-state index in [0.29, 0.717) is 17.0 Å². The van der Waals surface area contributed by atoms with Crippen molar-refractivity contribution in [1.29, 1.82) is 0 Å². The molecule has 6 heteroatoms. The number of ether oxygens (including phenoxy) is 1. The molecule has 1 aliphatic carbocycles. The molecule has 2 amide bonds. The van der Waals surface area contributed by atoms with Crippen molar-refractivity contribution in [3.63, 3.8) is 0 Å². The lowest BCUT2D eigenvalue weighted by molar-refractivity contribution is -0.125. The van der Waals surface area contributed by atoms with Gasteiger partial charge in [0.15, 0.2) is 5.78 Å². The van der Waals surface area contributed by atoms with E-state index in [0.717, 1.165) is 5.56 Å². The highest BCUT2D eigenvalue weighted by Gasteiger charge is 2.73. The molecule has 2 aromatic rings. The maximum Gasteiger partial charge on any atom is 0.229 e. The van der Waals surface area contributed by atoms with Gasteiger partial charge in [-0.15, -0.1) is 0 Å². The smallest absolute Gasteiger partial charge is 0.229 e. The zero-order valence-corrected chi connectivity index (χ0v) is 15.1. The first-order valence-electron chi connectivity index (χ1n) is 8.82. The minimum atomic E-state index is -1.01. The Kier molecular flexibility index (Phi) is 3.98. The van der Waals surface area contributed by atoms with E-state index in [2.05, 4.69) is 10.6 Å². The van der Waals surface area contributed by atoms with E-state index in [9.17, 15) is 14.4 Å². The molecule has 0 bridgehead atoms. The fourth-order valence-electron chi connectivity index (χ4n) is 4.07. The number of amides is 2. The highest BCUT2D eigenvalue weighted by atomic mass is 16.5. The number of Topliss-reactive ketones (excluding diaryl/α,β-unsaturated/α-hetero) is 1. The Morgan fingerprint density at radius 2 is 1.85 bits per heavy atom. The average molecular weight is 364 g/mol. The first kappa shape index (κ1) is 17.3. The Bertz CT molecular complexity index is 955. The van der Waals surface area contributed by atoms with E-state index in [1.54, 1.807) is 38.3 Å². The van der Waals surface area contributed by atoms with Crippen molar-refractivity contribution in [3.8, 4) is 5.75 Å².